The molecule has 0 atom stereocenters. The molecule has 176 valence electrons. The Morgan fingerprint density at radius 2 is 1.79 bits per heavy atom. The summed E-state index contributed by atoms with van der Waals surface area (Å²) in [7, 11) is 0. The molecule has 34 heavy (non-hydrogen) atoms. The number of halogens is 5. The molecule has 1 aromatic carbocycles. The van der Waals surface area contributed by atoms with Crippen LogP contribution >= 0.6 is 23.2 Å². The van der Waals surface area contributed by atoms with Crippen molar-refractivity contribution >= 4 is 23.2 Å². The van der Waals surface area contributed by atoms with E-state index in [9.17, 15) is 13.2 Å². The fraction of sp³-hybridized carbons (Fsp3) is 0.304. The highest BCUT2D eigenvalue weighted by Gasteiger charge is 2.27. The van der Waals surface area contributed by atoms with E-state index in [-0.39, 0.29) is 22.4 Å². The third-order valence-corrected chi connectivity index (χ3v) is 6.61. The second kappa shape index (κ2) is 9.03. The first-order chi connectivity index (χ1) is 16.3. The van der Waals surface area contributed by atoms with Gasteiger partial charge >= 0.3 is 0 Å². The fourth-order valence-electron chi connectivity index (χ4n) is 3.79. The summed E-state index contributed by atoms with van der Waals surface area (Å²) in [5, 5.41) is 9.18. The molecule has 0 spiro atoms. The van der Waals surface area contributed by atoms with E-state index in [4.69, 9.17) is 28.3 Å². The van der Waals surface area contributed by atoms with Crippen LogP contribution in [0.1, 0.15) is 42.0 Å². The first-order valence-electron chi connectivity index (χ1n) is 10.7. The van der Waals surface area contributed by atoms with Crippen molar-refractivity contribution in [1.82, 2.24) is 29.5 Å². The Morgan fingerprint density at radius 3 is 2.47 bits per heavy atom. The molecule has 1 saturated carbocycles. The van der Waals surface area contributed by atoms with Crippen LogP contribution in [-0.2, 0) is 13.0 Å². The molecular weight excluding hydrogens is 488 g/mol. The monoisotopic (exact) mass is 506 g/mol. The van der Waals surface area contributed by atoms with Gasteiger partial charge in [-0.05, 0) is 49.9 Å². The second-order valence-corrected chi connectivity index (χ2v) is 9.04. The molecule has 0 N–H and O–H groups in total. The molecule has 0 amide bonds. The number of aromatic nitrogens is 6. The van der Waals surface area contributed by atoms with E-state index < -0.39 is 12.1 Å². The summed E-state index contributed by atoms with van der Waals surface area (Å²) >= 11 is 12.8. The van der Waals surface area contributed by atoms with Gasteiger partial charge in [-0.1, -0.05) is 23.2 Å². The summed E-state index contributed by atoms with van der Waals surface area (Å²) in [6, 6.07) is 7.57. The van der Waals surface area contributed by atoms with Crippen molar-refractivity contribution in [3.63, 3.8) is 0 Å². The Morgan fingerprint density at radius 1 is 1.06 bits per heavy atom. The SMILES string of the molecule is Cc1nn(-c2cc(Cc3c(Cl)c(-c4ccc(F)cc4)nn3CC3CC3)ncn2)c(C(F)F)c1Cl. The highest BCUT2D eigenvalue weighted by Crippen LogP contribution is 2.36. The van der Waals surface area contributed by atoms with Crippen LogP contribution in [0.15, 0.2) is 36.7 Å². The number of rotatable bonds is 7. The summed E-state index contributed by atoms with van der Waals surface area (Å²) in [6.45, 7) is 2.26. The molecule has 0 bridgehead atoms. The molecule has 6 nitrogen and oxygen atoms in total. The number of hydrogen-bond donors (Lipinski definition) is 0. The molecule has 11 heteroatoms. The molecule has 5 rings (SSSR count). The predicted molar refractivity (Wildman–Crippen MR) is 122 cm³/mol. The Labute approximate surface area is 203 Å². The quantitative estimate of drug-likeness (QED) is 0.298. The molecule has 3 aromatic heterocycles. The number of benzene rings is 1. The smallest absolute Gasteiger partial charge is 0.267 e. The molecule has 3 heterocycles. The molecule has 0 saturated heterocycles. The van der Waals surface area contributed by atoms with E-state index in [0.717, 1.165) is 23.2 Å². The van der Waals surface area contributed by atoms with E-state index in [0.29, 0.717) is 40.9 Å². The van der Waals surface area contributed by atoms with Crippen molar-refractivity contribution in [3.8, 4) is 17.1 Å². The maximum absolute atomic E-state index is 13.6. The lowest BCUT2D eigenvalue weighted by molar-refractivity contribution is 0.142. The van der Waals surface area contributed by atoms with Crippen LogP contribution in [0.5, 0.6) is 0 Å². The lowest BCUT2D eigenvalue weighted by Crippen LogP contribution is -2.10. The zero-order chi connectivity index (χ0) is 24.0. The first-order valence-corrected chi connectivity index (χ1v) is 11.4. The molecule has 0 radical (unpaired) electrons. The van der Waals surface area contributed by atoms with Gasteiger partial charge in [0, 0.05) is 24.6 Å². The lowest BCUT2D eigenvalue weighted by atomic mass is 10.1. The number of alkyl halides is 2. The molecule has 0 aliphatic heterocycles. The van der Waals surface area contributed by atoms with Crippen molar-refractivity contribution in [2.45, 2.75) is 39.2 Å². The van der Waals surface area contributed by atoms with Gasteiger partial charge in [0.15, 0.2) is 5.82 Å². The number of nitrogens with zero attached hydrogens (tertiary/aromatic N) is 6. The lowest BCUT2D eigenvalue weighted by Gasteiger charge is -2.09. The van der Waals surface area contributed by atoms with Gasteiger partial charge in [-0.3, -0.25) is 4.68 Å². The van der Waals surface area contributed by atoms with Gasteiger partial charge < -0.3 is 0 Å². The predicted octanol–water partition coefficient (Wildman–Crippen LogP) is 6.22. The van der Waals surface area contributed by atoms with Crippen molar-refractivity contribution in [2.75, 3.05) is 0 Å². The van der Waals surface area contributed by atoms with Crippen LogP contribution in [0.25, 0.3) is 17.1 Å². The largest absolute Gasteiger partial charge is 0.282 e. The summed E-state index contributed by atoms with van der Waals surface area (Å²) in [4.78, 5) is 8.43. The van der Waals surface area contributed by atoms with E-state index in [1.165, 1.54) is 18.5 Å². The van der Waals surface area contributed by atoms with Crippen molar-refractivity contribution < 1.29 is 13.2 Å². The molecule has 1 aliphatic rings. The Balaban J connectivity index is 1.53. The van der Waals surface area contributed by atoms with Crippen LogP contribution < -0.4 is 0 Å². The number of aryl methyl sites for hydroxylation is 1. The van der Waals surface area contributed by atoms with Crippen LogP contribution in [0.3, 0.4) is 0 Å². The molecule has 0 unspecified atom stereocenters. The van der Waals surface area contributed by atoms with Gasteiger partial charge in [-0.2, -0.15) is 10.2 Å². The summed E-state index contributed by atoms with van der Waals surface area (Å²) < 4.78 is 43.5. The van der Waals surface area contributed by atoms with Crippen LogP contribution in [0.4, 0.5) is 13.2 Å². The Bertz CT molecular complexity index is 1350. The van der Waals surface area contributed by atoms with Gasteiger partial charge in [0.2, 0.25) is 0 Å². The fourth-order valence-corrected chi connectivity index (χ4v) is 4.30. The second-order valence-electron chi connectivity index (χ2n) is 8.28. The van der Waals surface area contributed by atoms with Crippen molar-refractivity contribution in [2.24, 2.45) is 5.92 Å². The van der Waals surface area contributed by atoms with Crippen LogP contribution in [0, 0.1) is 18.7 Å². The highest BCUT2D eigenvalue weighted by atomic mass is 35.5. The molecule has 4 aromatic rings. The maximum atomic E-state index is 13.6. The Hall–Kier alpha value is -2.91. The van der Waals surface area contributed by atoms with E-state index in [1.54, 1.807) is 25.1 Å². The average molecular weight is 507 g/mol. The maximum Gasteiger partial charge on any atom is 0.282 e. The normalized spacial score (nSPS) is 13.7. The van der Waals surface area contributed by atoms with Crippen molar-refractivity contribution in [3.05, 3.63) is 75.3 Å². The minimum atomic E-state index is -2.82. The van der Waals surface area contributed by atoms with E-state index in [2.05, 4.69) is 15.1 Å². The Kier molecular flexibility index (Phi) is 6.07. The van der Waals surface area contributed by atoms with Crippen molar-refractivity contribution in [1.29, 1.82) is 0 Å². The molecule has 1 fully saturated rings. The van der Waals surface area contributed by atoms with Crippen LogP contribution in [0.2, 0.25) is 10.0 Å². The van der Waals surface area contributed by atoms with E-state index >= 15 is 0 Å². The number of hydrogen-bond acceptors (Lipinski definition) is 4. The average Bonchev–Trinajstić information content (AvgIpc) is 3.51. The minimum Gasteiger partial charge on any atom is -0.267 e. The summed E-state index contributed by atoms with van der Waals surface area (Å²) in [5.74, 6) is 0.362. The van der Waals surface area contributed by atoms with Gasteiger partial charge in [0.25, 0.3) is 6.43 Å². The highest BCUT2D eigenvalue weighted by molar-refractivity contribution is 6.33. The molecule has 1 aliphatic carbocycles. The molecular formula is C23H19Cl2F3N6. The minimum absolute atomic E-state index is 0.0929. The van der Waals surface area contributed by atoms with Gasteiger partial charge in [-0.15, -0.1) is 0 Å². The standard InChI is InChI=1S/C23H19Cl2F3N6/c1-12-19(24)22(23(27)28)34(31-12)18-9-16(29-11-30-18)8-17-20(25)21(14-4-6-15(26)7-5-14)32-33(17)10-13-2-3-13/h4-7,9,11,13,23H,2-3,8,10H2,1H3. The summed E-state index contributed by atoms with van der Waals surface area (Å²) in [6.07, 6.45) is 1.01. The zero-order valence-corrected chi connectivity index (χ0v) is 19.5. The summed E-state index contributed by atoms with van der Waals surface area (Å²) in [5.41, 5.74) is 2.42. The topological polar surface area (TPSA) is 61.4 Å². The first kappa shape index (κ1) is 22.9. The third-order valence-electron chi connectivity index (χ3n) is 5.74. The van der Waals surface area contributed by atoms with Gasteiger partial charge in [-0.25, -0.2) is 27.8 Å². The van der Waals surface area contributed by atoms with Crippen LogP contribution in [-0.4, -0.2) is 29.5 Å². The van der Waals surface area contributed by atoms with Gasteiger partial charge in [0.05, 0.1) is 27.1 Å². The zero-order valence-electron chi connectivity index (χ0n) is 18.0. The third kappa shape index (κ3) is 4.42. The van der Waals surface area contributed by atoms with Gasteiger partial charge in [0.1, 0.15) is 23.5 Å². The van der Waals surface area contributed by atoms with E-state index in [1.807, 2.05) is 4.68 Å².